The quantitative estimate of drug-likeness (QED) is 0.788. The third-order valence-corrected chi connectivity index (χ3v) is 2.44. The fraction of sp³-hybridized carbons (Fsp3) is 0.455. The van der Waals surface area contributed by atoms with Gasteiger partial charge in [-0.3, -0.25) is 0 Å². The van der Waals surface area contributed by atoms with E-state index < -0.39 is 0 Å². The van der Waals surface area contributed by atoms with E-state index in [1.54, 1.807) is 13.2 Å². The van der Waals surface area contributed by atoms with E-state index in [9.17, 15) is 0 Å². The van der Waals surface area contributed by atoms with Crippen molar-refractivity contribution in [2.45, 2.75) is 13.0 Å². The van der Waals surface area contributed by atoms with Crippen molar-refractivity contribution in [3.63, 3.8) is 0 Å². The molecule has 84 valence electrons. The highest BCUT2D eigenvalue weighted by molar-refractivity contribution is 6.30. The lowest BCUT2D eigenvalue weighted by molar-refractivity contribution is 0.0501. The number of hydrogen-bond acceptors (Lipinski definition) is 3. The lowest BCUT2D eigenvalue weighted by Gasteiger charge is -2.16. The molecule has 4 heteroatoms. The molecule has 0 bridgehead atoms. The molecule has 0 aliphatic heterocycles. The van der Waals surface area contributed by atoms with E-state index in [-0.39, 0.29) is 12.8 Å². The van der Waals surface area contributed by atoms with Gasteiger partial charge >= 0.3 is 0 Å². The van der Waals surface area contributed by atoms with Gasteiger partial charge in [0.25, 0.3) is 0 Å². The summed E-state index contributed by atoms with van der Waals surface area (Å²) in [6, 6.07) is 5.74. The molecule has 1 aromatic rings. The zero-order valence-electron chi connectivity index (χ0n) is 9.21. The number of hydrogen-bond donors (Lipinski definition) is 1. The summed E-state index contributed by atoms with van der Waals surface area (Å²) in [5.41, 5.74) is 1.03. The van der Waals surface area contributed by atoms with E-state index in [0.29, 0.717) is 5.02 Å². The van der Waals surface area contributed by atoms with Crippen molar-refractivity contribution in [2.24, 2.45) is 0 Å². The Hall–Kier alpha value is -0.770. The maximum atomic E-state index is 5.94. The second kappa shape index (κ2) is 5.95. The molecular weight excluding hydrogens is 214 g/mol. The van der Waals surface area contributed by atoms with Crippen molar-refractivity contribution < 1.29 is 9.47 Å². The number of methoxy groups -OCH3 is 1. The fourth-order valence-electron chi connectivity index (χ4n) is 1.27. The molecule has 3 nitrogen and oxygen atoms in total. The van der Waals surface area contributed by atoms with Gasteiger partial charge in [0, 0.05) is 23.7 Å². The van der Waals surface area contributed by atoms with Crippen LogP contribution < -0.4 is 10.1 Å². The van der Waals surface area contributed by atoms with E-state index in [2.05, 4.69) is 5.32 Å². The SMILES string of the molecule is CNC(C)c1cc(Cl)ccc1OCOC. The number of rotatable bonds is 5. The largest absolute Gasteiger partial charge is 0.467 e. The summed E-state index contributed by atoms with van der Waals surface area (Å²) >= 11 is 5.94. The van der Waals surface area contributed by atoms with Gasteiger partial charge in [0.05, 0.1) is 0 Å². The molecule has 1 rings (SSSR count). The maximum absolute atomic E-state index is 5.94. The molecule has 0 heterocycles. The minimum atomic E-state index is 0.190. The summed E-state index contributed by atoms with van der Waals surface area (Å²) in [4.78, 5) is 0. The highest BCUT2D eigenvalue weighted by atomic mass is 35.5. The van der Waals surface area contributed by atoms with Crippen LogP contribution in [0.4, 0.5) is 0 Å². The van der Waals surface area contributed by atoms with Crippen LogP contribution in [0.15, 0.2) is 18.2 Å². The first kappa shape index (κ1) is 12.3. The Kier molecular flexibility index (Phi) is 4.88. The summed E-state index contributed by atoms with van der Waals surface area (Å²) in [5.74, 6) is 0.795. The monoisotopic (exact) mass is 229 g/mol. The van der Waals surface area contributed by atoms with Crippen LogP contribution in [0.2, 0.25) is 5.02 Å². The van der Waals surface area contributed by atoms with Crippen molar-refractivity contribution in [1.82, 2.24) is 5.32 Å². The van der Waals surface area contributed by atoms with Gasteiger partial charge in [-0.1, -0.05) is 11.6 Å². The molecule has 0 saturated carbocycles. The zero-order chi connectivity index (χ0) is 11.3. The van der Waals surface area contributed by atoms with Gasteiger partial charge in [-0.25, -0.2) is 0 Å². The molecule has 0 radical (unpaired) electrons. The summed E-state index contributed by atoms with van der Waals surface area (Å²) < 4.78 is 10.3. The zero-order valence-corrected chi connectivity index (χ0v) is 9.97. The molecule has 15 heavy (non-hydrogen) atoms. The number of benzene rings is 1. The van der Waals surface area contributed by atoms with Crippen molar-refractivity contribution in [2.75, 3.05) is 21.0 Å². The fourth-order valence-corrected chi connectivity index (χ4v) is 1.45. The normalized spacial score (nSPS) is 12.5. The number of halogens is 1. The summed E-state index contributed by atoms with van der Waals surface area (Å²) in [6.45, 7) is 2.29. The predicted octanol–water partition coefficient (Wildman–Crippen LogP) is 2.60. The van der Waals surface area contributed by atoms with Gasteiger partial charge < -0.3 is 14.8 Å². The Morgan fingerprint density at radius 2 is 2.20 bits per heavy atom. The summed E-state index contributed by atoms with van der Waals surface area (Å²) in [6.07, 6.45) is 0. The van der Waals surface area contributed by atoms with Crippen LogP contribution in [-0.4, -0.2) is 21.0 Å². The van der Waals surface area contributed by atoms with Gasteiger partial charge in [0.2, 0.25) is 0 Å². The molecular formula is C11H16ClNO2. The van der Waals surface area contributed by atoms with Gasteiger partial charge in [0.15, 0.2) is 6.79 Å². The van der Waals surface area contributed by atoms with E-state index in [0.717, 1.165) is 11.3 Å². The molecule has 1 aromatic carbocycles. The third-order valence-electron chi connectivity index (χ3n) is 2.20. The third kappa shape index (κ3) is 3.38. The van der Waals surface area contributed by atoms with Crippen molar-refractivity contribution in [1.29, 1.82) is 0 Å². The van der Waals surface area contributed by atoms with E-state index >= 15 is 0 Å². The Labute approximate surface area is 95.3 Å². The standard InChI is InChI=1S/C11H16ClNO2/c1-8(13-2)10-6-9(12)4-5-11(10)15-7-14-3/h4-6,8,13H,7H2,1-3H3. The molecule has 0 spiro atoms. The van der Waals surface area contributed by atoms with Crippen LogP contribution in [0, 0.1) is 0 Å². The second-order valence-corrected chi connectivity index (χ2v) is 3.68. The molecule has 0 fully saturated rings. The van der Waals surface area contributed by atoms with E-state index in [4.69, 9.17) is 21.1 Å². The van der Waals surface area contributed by atoms with Crippen LogP contribution in [0.3, 0.4) is 0 Å². The molecule has 0 aromatic heterocycles. The molecule has 0 amide bonds. The van der Waals surface area contributed by atoms with E-state index in [1.165, 1.54) is 0 Å². The first-order chi connectivity index (χ1) is 7.19. The number of nitrogens with one attached hydrogen (secondary N) is 1. The lowest BCUT2D eigenvalue weighted by atomic mass is 10.1. The Balaban J connectivity index is 2.92. The predicted molar refractivity (Wildman–Crippen MR) is 61.4 cm³/mol. The van der Waals surface area contributed by atoms with Crippen LogP contribution in [0.25, 0.3) is 0 Å². The van der Waals surface area contributed by atoms with Crippen molar-refractivity contribution >= 4 is 11.6 Å². The van der Waals surface area contributed by atoms with Crippen LogP contribution in [0.1, 0.15) is 18.5 Å². The first-order valence-electron chi connectivity index (χ1n) is 4.77. The smallest absolute Gasteiger partial charge is 0.188 e. The van der Waals surface area contributed by atoms with Crippen LogP contribution in [-0.2, 0) is 4.74 Å². The Morgan fingerprint density at radius 3 is 2.80 bits per heavy atom. The molecule has 0 aliphatic rings. The lowest BCUT2D eigenvalue weighted by Crippen LogP contribution is -2.14. The summed E-state index contributed by atoms with van der Waals surface area (Å²) in [5, 5.41) is 3.85. The average molecular weight is 230 g/mol. The van der Waals surface area contributed by atoms with Crippen molar-refractivity contribution in [3.8, 4) is 5.75 Å². The first-order valence-corrected chi connectivity index (χ1v) is 5.15. The minimum Gasteiger partial charge on any atom is -0.467 e. The molecule has 0 saturated heterocycles. The van der Waals surface area contributed by atoms with Gasteiger partial charge in [-0.15, -0.1) is 0 Å². The Bertz CT molecular complexity index is 317. The highest BCUT2D eigenvalue weighted by Crippen LogP contribution is 2.28. The maximum Gasteiger partial charge on any atom is 0.188 e. The number of ether oxygens (including phenoxy) is 2. The van der Waals surface area contributed by atoms with Gasteiger partial charge in [0.1, 0.15) is 5.75 Å². The second-order valence-electron chi connectivity index (χ2n) is 3.24. The summed E-state index contributed by atoms with van der Waals surface area (Å²) in [7, 11) is 3.49. The van der Waals surface area contributed by atoms with Crippen LogP contribution in [0.5, 0.6) is 5.75 Å². The van der Waals surface area contributed by atoms with Crippen molar-refractivity contribution in [3.05, 3.63) is 28.8 Å². The van der Waals surface area contributed by atoms with Crippen LogP contribution >= 0.6 is 11.6 Å². The van der Waals surface area contributed by atoms with Gasteiger partial charge in [-0.2, -0.15) is 0 Å². The molecule has 0 aliphatic carbocycles. The Morgan fingerprint density at radius 1 is 1.47 bits per heavy atom. The van der Waals surface area contributed by atoms with Gasteiger partial charge in [-0.05, 0) is 32.2 Å². The highest BCUT2D eigenvalue weighted by Gasteiger charge is 2.10. The molecule has 1 atom stereocenters. The topological polar surface area (TPSA) is 30.5 Å². The minimum absolute atomic E-state index is 0.190. The molecule has 1 unspecified atom stereocenters. The average Bonchev–Trinajstić information content (AvgIpc) is 2.26. The van der Waals surface area contributed by atoms with E-state index in [1.807, 2.05) is 26.1 Å². The molecule has 1 N–H and O–H groups in total.